The summed E-state index contributed by atoms with van der Waals surface area (Å²) < 4.78 is 27.1. The number of nitrogens with two attached hydrogens (primary N) is 1. The molecule has 0 aromatic heterocycles. The highest BCUT2D eigenvalue weighted by Crippen LogP contribution is 2.23. The van der Waals surface area contributed by atoms with Crippen molar-refractivity contribution in [3.05, 3.63) is 54.1 Å². The minimum Gasteiger partial charge on any atom is -0.399 e. The third-order valence-corrected chi connectivity index (χ3v) is 6.16. The van der Waals surface area contributed by atoms with Crippen LogP contribution in [0.1, 0.15) is 24.8 Å². The van der Waals surface area contributed by atoms with E-state index in [0.717, 1.165) is 36.2 Å². The molecule has 1 saturated heterocycles. The molecule has 6 heteroatoms. The lowest BCUT2D eigenvalue weighted by molar-refractivity contribution is 0.346. The average Bonchev–Trinajstić information content (AvgIpc) is 2.62. The average molecular weight is 345 g/mol. The molecule has 2 aromatic carbocycles. The van der Waals surface area contributed by atoms with Gasteiger partial charge in [0, 0.05) is 31.0 Å². The first-order valence-corrected chi connectivity index (χ1v) is 9.68. The second kappa shape index (κ2) is 7.23. The standard InChI is InChI=1S/C18H23N3O2S/c19-16-9-7-15(8-10-16)14-20-17-5-4-6-18(13-17)24(22,23)21-11-2-1-3-12-21/h4-10,13,20H,1-3,11-12,14,19H2. The van der Waals surface area contributed by atoms with E-state index in [9.17, 15) is 8.42 Å². The van der Waals surface area contributed by atoms with Crippen molar-refractivity contribution in [2.75, 3.05) is 24.1 Å². The predicted molar refractivity (Wildman–Crippen MR) is 97.2 cm³/mol. The van der Waals surface area contributed by atoms with E-state index in [1.807, 2.05) is 30.3 Å². The van der Waals surface area contributed by atoms with Crippen LogP contribution in [0.2, 0.25) is 0 Å². The Bertz CT molecular complexity index is 782. The molecular formula is C18H23N3O2S. The van der Waals surface area contributed by atoms with Gasteiger partial charge in [-0.25, -0.2) is 8.42 Å². The molecule has 1 fully saturated rings. The van der Waals surface area contributed by atoms with Crippen LogP contribution in [-0.2, 0) is 16.6 Å². The molecule has 1 aliphatic rings. The molecule has 1 heterocycles. The van der Waals surface area contributed by atoms with Crippen LogP contribution >= 0.6 is 0 Å². The summed E-state index contributed by atoms with van der Waals surface area (Å²) in [6, 6.07) is 14.7. The monoisotopic (exact) mass is 345 g/mol. The van der Waals surface area contributed by atoms with Crippen LogP contribution in [-0.4, -0.2) is 25.8 Å². The number of nitrogens with zero attached hydrogens (tertiary/aromatic N) is 1. The summed E-state index contributed by atoms with van der Waals surface area (Å²) in [5.74, 6) is 0. The van der Waals surface area contributed by atoms with E-state index in [-0.39, 0.29) is 0 Å². The Morgan fingerprint density at radius 3 is 2.42 bits per heavy atom. The minimum atomic E-state index is -3.40. The summed E-state index contributed by atoms with van der Waals surface area (Å²) in [7, 11) is -3.40. The first-order valence-electron chi connectivity index (χ1n) is 8.24. The first-order chi connectivity index (χ1) is 11.6. The van der Waals surface area contributed by atoms with E-state index in [4.69, 9.17) is 5.73 Å². The number of hydrogen-bond acceptors (Lipinski definition) is 4. The van der Waals surface area contributed by atoms with Gasteiger partial charge in [-0.05, 0) is 48.7 Å². The third kappa shape index (κ3) is 3.88. The number of nitrogen functional groups attached to an aromatic ring is 1. The van der Waals surface area contributed by atoms with Gasteiger partial charge in [0.05, 0.1) is 4.90 Å². The molecule has 128 valence electrons. The molecule has 3 rings (SSSR count). The highest BCUT2D eigenvalue weighted by atomic mass is 32.2. The normalized spacial score (nSPS) is 16.0. The van der Waals surface area contributed by atoms with Gasteiger partial charge >= 0.3 is 0 Å². The van der Waals surface area contributed by atoms with Crippen LogP contribution in [0.15, 0.2) is 53.4 Å². The van der Waals surface area contributed by atoms with Crippen molar-refractivity contribution in [2.45, 2.75) is 30.7 Å². The number of sulfonamides is 1. The Kier molecular flexibility index (Phi) is 5.06. The number of hydrogen-bond donors (Lipinski definition) is 2. The molecular weight excluding hydrogens is 322 g/mol. The Morgan fingerprint density at radius 2 is 1.71 bits per heavy atom. The second-order valence-corrected chi connectivity index (χ2v) is 8.03. The van der Waals surface area contributed by atoms with Gasteiger partial charge in [0.15, 0.2) is 0 Å². The number of nitrogens with one attached hydrogen (secondary N) is 1. The van der Waals surface area contributed by atoms with E-state index >= 15 is 0 Å². The Morgan fingerprint density at radius 1 is 1.00 bits per heavy atom. The maximum Gasteiger partial charge on any atom is 0.243 e. The summed E-state index contributed by atoms with van der Waals surface area (Å²) in [5, 5.41) is 3.27. The molecule has 3 N–H and O–H groups in total. The molecule has 0 radical (unpaired) electrons. The van der Waals surface area contributed by atoms with Crippen molar-refractivity contribution in [1.82, 2.24) is 4.31 Å². The number of piperidine rings is 1. The number of rotatable bonds is 5. The van der Waals surface area contributed by atoms with Gasteiger partial charge < -0.3 is 11.1 Å². The fraction of sp³-hybridized carbons (Fsp3) is 0.333. The van der Waals surface area contributed by atoms with Crippen molar-refractivity contribution >= 4 is 21.4 Å². The van der Waals surface area contributed by atoms with Crippen LogP contribution in [0.5, 0.6) is 0 Å². The molecule has 0 atom stereocenters. The van der Waals surface area contributed by atoms with Gasteiger partial charge in [0.25, 0.3) is 0 Å². The van der Waals surface area contributed by atoms with E-state index in [1.54, 1.807) is 22.5 Å². The highest BCUT2D eigenvalue weighted by molar-refractivity contribution is 7.89. The van der Waals surface area contributed by atoms with E-state index < -0.39 is 10.0 Å². The Labute approximate surface area is 143 Å². The molecule has 24 heavy (non-hydrogen) atoms. The fourth-order valence-electron chi connectivity index (χ4n) is 2.86. The van der Waals surface area contributed by atoms with Crippen LogP contribution < -0.4 is 11.1 Å². The van der Waals surface area contributed by atoms with Gasteiger partial charge in [0.1, 0.15) is 0 Å². The summed E-state index contributed by atoms with van der Waals surface area (Å²) >= 11 is 0. The van der Waals surface area contributed by atoms with Crippen molar-refractivity contribution in [1.29, 1.82) is 0 Å². The van der Waals surface area contributed by atoms with Crippen LogP contribution in [0, 0.1) is 0 Å². The minimum absolute atomic E-state index is 0.353. The molecule has 1 aliphatic heterocycles. The quantitative estimate of drug-likeness (QED) is 0.817. The molecule has 2 aromatic rings. The molecule has 0 saturated carbocycles. The highest BCUT2D eigenvalue weighted by Gasteiger charge is 2.25. The van der Waals surface area contributed by atoms with Crippen molar-refractivity contribution in [2.24, 2.45) is 0 Å². The molecule has 0 aliphatic carbocycles. The van der Waals surface area contributed by atoms with E-state index in [2.05, 4.69) is 5.32 Å². The second-order valence-electron chi connectivity index (χ2n) is 6.09. The summed E-state index contributed by atoms with van der Waals surface area (Å²) in [6.45, 7) is 1.85. The topological polar surface area (TPSA) is 75.4 Å². The first kappa shape index (κ1) is 16.8. The number of benzene rings is 2. The molecule has 0 bridgehead atoms. The lowest BCUT2D eigenvalue weighted by atomic mass is 10.2. The van der Waals surface area contributed by atoms with Crippen molar-refractivity contribution in [3.8, 4) is 0 Å². The van der Waals surface area contributed by atoms with Crippen LogP contribution in [0.25, 0.3) is 0 Å². The van der Waals surface area contributed by atoms with Crippen molar-refractivity contribution in [3.63, 3.8) is 0 Å². The van der Waals surface area contributed by atoms with Crippen LogP contribution in [0.4, 0.5) is 11.4 Å². The molecule has 0 amide bonds. The number of anilines is 2. The lowest BCUT2D eigenvalue weighted by Crippen LogP contribution is -2.35. The fourth-order valence-corrected chi connectivity index (χ4v) is 4.42. The van der Waals surface area contributed by atoms with Gasteiger partial charge in [-0.2, -0.15) is 4.31 Å². The summed E-state index contributed by atoms with van der Waals surface area (Å²) in [6.07, 6.45) is 2.98. The molecule has 0 spiro atoms. The zero-order chi connectivity index (χ0) is 17.0. The van der Waals surface area contributed by atoms with Gasteiger partial charge in [0.2, 0.25) is 10.0 Å². The Hall–Kier alpha value is -2.05. The van der Waals surface area contributed by atoms with E-state index in [0.29, 0.717) is 24.5 Å². The zero-order valence-corrected chi connectivity index (χ0v) is 14.4. The predicted octanol–water partition coefficient (Wildman–Crippen LogP) is 3.06. The molecule has 0 unspecified atom stereocenters. The van der Waals surface area contributed by atoms with Crippen LogP contribution in [0.3, 0.4) is 0 Å². The van der Waals surface area contributed by atoms with Gasteiger partial charge in [-0.15, -0.1) is 0 Å². The van der Waals surface area contributed by atoms with Gasteiger partial charge in [-0.1, -0.05) is 24.6 Å². The third-order valence-electron chi connectivity index (χ3n) is 4.26. The maximum atomic E-state index is 12.7. The van der Waals surface area contributed by atoms with Crippen molar-refractivity contribution < 1.29 is 8.42 Å². The van der Waals surface area contributed by atoms with E-state index in [1.165, 1.54) is 0 Å². The Balaban J connectivity index is 1.72. The smallest absolute Gasteiger partial charge is 0.243 e. The SMILES string of the molecule is Nc1ccc(CNc2cccc(S(=O)(=O)N3CCCCC3)c2)cc1. The maximum absolute atomic E-state index is 12.7. The molecule has 5 nitrogen and oxygen atoms in total. The van der Waals surface area contributed by atoms with Gasteiger partial charge in [-0.3, -0.25) is 0 Å². The largest absolute Gasteiger partial charge is 0.399 e. The summed E-state index contributed by atoms with van der Waals surface area (Å²) in [4.78, 5) is 0.353. The zero-order valence-electron chi connectivity index (χ0n) is 13.6. The lowest BCUT2D eigenvalue weighted by Gasteiger charge is -2.26. The summed E-state index contributed by atoms with van der Waals surface area (Å²) in [5.41, 5.74) is 8.30.